The predicted octanol–water partition coefficient (Wildman–Crippen LogP) is 3.31. The number of rotatable bonds is 2. The van der Waals surface area contributed by atoms with E-state index in [9.17, 15) is 0 Å². The number of ether oxygens (including phenoxy) is 2. The molecule has 1 aromatic carbocycles. The molecule has 1 unspecified atom stereocenters. The second-order valence-corrected chi connectivity index (χ2v) is 6.39. The van der Waals surface area contributed by atoms with Crippen molar-refractivity contribution in [2.45, 2.75) is 44.2 Å². The molecule has 20 heavy (non-hydrogen) atoms. The van der Waals surface area contributed by atoms with Gasteiger partial charge in [0.1, 0.15) is 5.75 Å². The SMILES string of the molecule is COc1ccccc1C1CNC2(CCC(C)CC2)CO1. The minimum absolute atomic E-state index is 0.108. The molecule has 1 aliphatic heterocycles. The minimum Gasteiger partial charge on any atom is -0.496 e. The van der Waals surface area contributed by atoms with Crippen LogP contribution in [0.25, 0.3) is 0 Å². The molecule has 1 N–H and O–H groups in total. The fourth-order valence-corrected chi connectivity index (χ4v) is 3.45. The normalized spacial score (nSPS) is 34.1. The lowest BCUT2D eigenvalue weighted by Crippen LogP contribution is -2.56. The third-order valence-corrected chi connectivity index (χ3v) is 4.94. The van der Waals surface area contributed by atoms with E-state index in [0.717, 1.165) is 30.4 Å². The largest absolute Gasteiger partial charge is 0.496 e. The van der Waals surface area contributed by atoms with Gasteiger partial charge in [-0.15, -0.1) is 0 Å². The first kappa shape index (κ1) is 13.9. The molecule has 2 aliphatic rings. The zero-order valence-corrected chi connectivity index (χ0v) is 12.5. The van der Waals surface area contributed by atoms with Crippen molar-refractivity contribution < 1.29 is 9.47 Å². The van der Waals surface area contributed by atoms with Crippen LogP contribution in [0.2, 0.25) is 0 Å². The third-order valence-electron chi connectivity index (χ3n) is 4.94. The summed E-state index contributed by atoms with van der Waals surface area (Å²) in [6, 6.07) is 8.16. The molecule has 1 saturated heterocycles. The zero-order chi connectivity index (χ0) is 14.0. The van der Waals surface area contributed by atoms with Crippen molar-refractivity contribution in [2.75, 3.05) is 20.3 Å². The summed E-state index contributed by atoms with van der Waals surface area (Å²) in [5.41, 5.74) is 1.38. The smallest absolute Gasteiger partial charge is 0.124 e. The molecular formula is C17H25NO2. The molecule has 0 radical (unpaired) electrons. The summed E-state index contributed by atoms with van der Waals surface area (Å²) in [5.74, 6) is 1.79. The maximum absolute atomic E-state index is 6.19. The van der Waals surface area contributed by atoms with Gasteiger partial charge in [-0.05, 0) is 37.7 Å². The van der Waals surface area contributed by atoms with E-state index in [4.69, 9.17) is 9.47 Å². The first-order valence-electron chi connectivity index (χ1n) is 7.72. The monoisotopic (exact) mass is 275 g/mol. The maximum Gasteiger partial charge on any atom is 0.124 e. The van der Waals surface area contributed by atoms with E-state index in [2.05, 4.69) is 18.3 Å². The van der Waals surface area contributed by atoms with Crippen molar-refractivity contribution >= 4 is 0 Å². The Morgan fingerprint density at radius 1 is 1.25 bits per heavy atom. The zero-order valence-electron chi connectivity index (χ0n) is 12.5. The van der Waals surface area contributed by atoms with Crippen LogP contribution in [0, 0.1) is 5.92 Å². The standard InChI is InChI=1S/C17H25NO2/c1-13-7-9-17(10-8-13)12-20-16(11-18-17)14-5-3-4-6-15(14)19-2/h3-6,13,16,18H,7-12H2,1-2H3. The summed E-state index contributed by atoms with van der Waals surface area (Å²) >= 11 is 0. The average molecular weight is 275 g/mol. The summed E-state index contributed by atoms with van der Waals surface area (Å²) in [5, 5.41) is 3.77. The van der Waals surface area contributed by atoms with Gasteiger partial charge in [0.05, 0.1) is 19.8 Å². The van der Waals surface area contributed by atoms with Gasteiger partial charge in [0.2, 0.25) is 0 Å². The summed E-state index contributed by atoms with van der Waals surface area (Å²) in [6.45, 7) is 4.06. The van der Waals surface area contributed by atoms with Gasteiger partial charge in [-0.2, -0.15) is 0 Å². The van der Waals surface area contributed by atoms with Crippen molar-refractivity contribution in [1.29, 1.82) is 0 Å². The van der Waals surface area contributed by atoms with Crippen LogP contribution >= 0.6 is 0 Å². The minimum atomic E-state index is 0.108. The molecule has 2 fully saturated rings. The van der Waals surface area contributed by atoms with Crippen LogP contribution in [0.1, 0.15) is 44.3 Å². The second-order valence-electron chi connectivity index (χ2n) is 6.39. The van der Waals surface area contributed by atoms with Gasteiger partial charge in [-0.1, -0.05) is 25.1 Å². The molecule has 1 saturated carbocycles. The molecule has 1 atom stereocenters. The number of methoxy groups -OCH3 is 1. The van der Waals surface area contributed by atoms with E-state index in [1.165, 1.54) is 25.7 Å². The lowest BCUT2D eigenvalue weighted by atomic mass is 9.77. The highest BCUT2D eigenvalue weighted by molar-refractivity contribution is 5.35. The van der Waals surface area contributed by atoms with Gasteiger partial charge in [-0.3, -0.25) is 0 Å². The topological polar surface area (TPSA) is 30.5 Å². The fraction of sp³-hybridized carbons (Fsp3) is 0.647. The van der Waals surface area contributed by atoms with E-state index in [0.29, 0.717) is 0 Å². The molecule has 110 valence electrons. The Balaban J connectivity index is 1.66. The number of morpholine rings is 1. The number of benzene rings is 1. The van der Waals surface area contributed by atoms with E-state index in [-0.39, 0.29) is 11.6 Å². The molecule has 0 aromatic heterocycles. The molecule has 1 spiro atoms. The van der Waals surface area contributed by atoms with Gasteiger partial charge in [0.15, 0.2) is 0 Å². The number of hydrogen-bond acceptors (Lipinski definition) is 3. The van der Waals surface area contributed by atoms with E-state index in [1.807, 2.05) is 18.2 Å². The lowest BCUT2D eigenvalue weighted by molar-refractivity contribution is -0.0511. The number of nitrogens with one attached hydrogen (secondary N) is 1. The lowest BCUT2D eigenvalue weighted by Gasteiger charge is -2.45. The van der Waals surface area contributed by atoms with Gasteiger partial charge in [-0.25, -0.2) is 0 Å². The Morgan fingerprint density at radius 3 is 2.65 bits per heavy atom. The molecule has 0 bridgehead atoms. The van der Waals surface area contributed by atoms with Crippen LogP contribution in [0.4, 0.5) is 0 Å². The Kier molecular flexibility index (Phi) is 3.99. The molecule has 0 amide bonds. The van der Waals surface area contributed by atoms with Crippen LogP contribution in [0.5, 0.6) is 5.75 Å². The first-order chi connectivity index (χ1) is 9.72. The Labute approximate surface area is 121 Å². The summed E-state index contributed by atoms with van der Waals surface area (Å²) in [6.07, 6.45) is 5.22. The molecule has 3 nitrogen and oxygen atoms in total. The van der Waals surface area contributed by atoms with Crippen LogP contribution in [-0.2, 0) is 4.74 Å². The molecule has 1 heterocycles. The fourth-order valence-electron chi connectivity index (χ4n) is 3.45. The maximum atomic E-state index is 6.19. The molecule has 1 aliphatic carbocycles. The Hall–Kier alpha value is -1.06. The van der Waals surface area contributed by atoms with Crippen LogP contribution in [0.3, 0.4) is 0 Å². The van der Waals surface area contributed by atoms with E-state index in [1.54, 1.807) is 7.11 Å². The van der Waals surface area contributed by atoms with Crippen LogP contribution < -0.4 is 10.1 Å². The van der Waals surface area contributed by atoms with Gasteiger partial charge < -0.3 is 14.8 Å². The van der Waals surface area contributed by atoms with Crippen LogP contribution in [-0.4, -0.2) is 25.8 Å². The molecular weight excluding hydrogens is 250 g/mol. The summed E-state index contributed by atoms with van der Waals surface area (Å²) < 4.78 is 11.6. The van der Waals surface area contributed by atoms with Crippen molar-refractivity contribution in [2.24, 2.45) is 5.92 Å². The van der Waals surface area contributed by atoms with Crippen molar-refractivity contribution in [3.63, 3.8) is 0 Å². The van der Waals surface area contributed by atoms with E-state index < -0.39 is 0 Å². The molecule has 1 aromatic rings. The highest BCUT2D eigenvalue weighted by atomic mass is 16.5. The van der Waals surface area contributed by atoms with Crippen molar-refractivity contribution in [1.82, 2.24) is 5.32 Å². The Morgan fingerprint density at radius 2 is 2.00 bits per heavy atom. The third kappa shape index (κ3) is 2.70. The van der Waals surface area contributed by atoms with Crippen molar-refractivity contribution in [3.8, 4) is 5.75 Å². The first-order valence-corrected chi connectivity index (χ1v) is 7.72. The summed E-state index contributed by atoms with van der Waals surface area (Å²) in [4.78, 5) is 0. The van der Waals surface area contributed by atoms with Gasteiger partial charge in [0.25, 0.3) is 0 Å². The highest BCUT2D eigenvalue weighted by Gasteiger charge is 2.38. The summed E-state index contributed by atoms with van der Waals surface area (Å²) in [7, 11) is 1.72. The average Bonchev–Trinajstić information content (AvgIpc) is 2.51. The molecule has 3 heteroatoms. The Bertz CT molecular complexity index is 442. The van der Waals surface area contributed by atoms with Gasteiger partial charge >= 0.3 is 0 Å². The van der Waals surface area contributed by atoms with E-state index >= 15 is 0 Å². The highest BCUT2D eigenvalue weighted by Crippen LogP contribution is 2.37. The quantitative estimate of drug-likeness (QED) is 0.898. The number of hydrogen-bond donors (Lipinski definition) is 1. The van der Waals surface area contributed by atoms with Gasteiger partial charge in [0, 0.05) is 17.6 Å². The number of para-hydroxylation sites is 1. The van der Waals surface area contributed by atoms with Crippen molar-refractivity contribution in [3.05, 3.63) is 29.8 Å². The predicted molar refractivity (Wildman–Crippen MR) is 80.1 cm³/mol. The molecule has 3 rings (SSSR count). The second kappa shape index (κ2) is 5.74. The van der Waals surface area contributed by atoms with Crippen LogP contribution in [0.15, 0.2) is 24.3 Å².